The molecule has 7 nitrogen and oxygen atoms in total. The molecule has 0 aromatic carbocycles. The minimum absolute atomic E-state index is 0.110. The van der Waals surface area contributed by atoms with Crippen LogP contribution >= 0.6 is 11.8 Å². The molecule has 2 rings (SSSR count). The highest BCUT2D eigenvalue weighted by Gasteiger charge is 2.36. The minimum atomic E-state index is -3.34. The quantitative estimate of drug-likeness (QED) is 0.842. The normalized spacial score (nSPS) is 20.0. The van der Waals surface area contributed by atoms with Crippen LogP contribution in [-0.2, 0) is 9.84 Å². The van der Waals surface area contributed by atoms with Crippen LogP contribution in [0.15, 0.2) is 0 Å². The predicted octanol–water partition coefficient (Wildman–Crippen LogP) is 0.675. The molecule has 1 atom stereocenters. The van der Waals surface area contributed by atoms with Crippen molar-refractivity contribution < 1.29 is 13.2 Å². The second-order valence-corrected chi connectivity index (χ2v) is 8.76. The van der Waals surface area contributed by atoms with Gasteiger partial charge in [0.15, 0.2) is 15.5 Å². The Kier molecular flexibility index (Phi) is 4.52. The highest BCUT2D eigenvalue weighted by molar-refractivity contribution is 8.00. The Morgan fingerprint density at radius 3 is 2.71 bits per heavy atom. The molecule has 118 valence electrons. The average Bonchev–Trinajstić information content (AvgIpc) is 2.79. The maximum atomic E-state index is 12.6. The number of aromatic amines is 1. The zero-order valence-electron chi connectivity index (χ0n) is 12.3. The van der Waals surface area contributed by atoms with Crippen molar-refractivity contribution in [2.24, 2.45) is 0 Å². The van der Waals surface area contributed by atoms with Crippen molar-refractivity contribution >= 4 is 33.2 Å². The molecular formula is C12H20N4O3S2. The molecule has 9 heteroatoms. The summed E-state index contributed by atoms with van der Waals surface area (Å²) in [5.74, 6) is 0.776. The summed E-state index contributed by atoms with van der Waals surface area (Å²) in [7, 11) is -3.34. The second-order valence-electron chi connectivity index (χ2n) is 5.41. The van der Waals surface area contributed by atoms with Gasteiger partial charge in [0.25, 0.3) is 5.91 Å². The molecular weight excluding hydrogens is 312 g/mol. The molecule has 1 aliphatic heterocycles. The lowest BCUT2D eigenvalue weighted by atomic mass is 10.1. The van der Waals surface area contributed by atoms with Gasteiger partial charge in [-0.25, -0.2) is 8.42 Å². The Hall–Kier alpha value is -1.22. The van der Waals surface area contributed by atoms with Crippen molar-refractivity contribution in [3.63, 3.8) is 0 Å². The number of nitrogen functional groups attached to an aromatic ring is 1. The Balaban J connectivity index is 2.34. The smallest absolute Gasteiger partial charge is 0.277 e. The number of carbonyl (C=O) groups excluding carboxylic acids is 1. The molecule has 0 bridgehead atoms. The SMILES string of the molecule is CC(C)c1[nH]nc(C(=O)N2CCSCC2S(C)(=O)=O)c1N. The molecule has 1 unspecified atom stereocenters. The van der Waals surface area contributed by atoms with Crippen molar-refractivity contribution in [2.75, 3.05) is 30.0 Å². The van der Waals surface area contributed by atoms with Crippen LogP contribution in [0.5, 0.6) is 0 Å². The molecule has 21 heavy (non-hydrogen) atoms. The van der Waals surface area contributed by atoms with E-state index in [0.717, 1.165) is 6.26 Å². The van der Waals surface area contributed by atoms with Gasteiger partial charge in [-0.1, -0.05) is 13.8 Å². The summed E-state index contributed by atoms with van der Waals surface area (Å²) < 4.78 is 23.7. The van der Waals surface area contributed by atoms with Crippen LogP contribution in [-0.4, -0.2) is 59.1 Å². The molecule has 0 spiro atoms. The Morgan fingerprint density at radius 2 is 2.19 bits per heavy atom. The fourth-order valence-corrected chi connectivity index (χ4v) is 5.09. The summed E-state index contributed by atoms with van der Waals surface area (Å²) in [4.78, 5) is 14.0. The van der Waals surface area contributed by atoms with Gasteiger partial charge in [0.1, 0.15) is 5.37 Å². The van der Waals surface area contributed by atoms with Crippen LogP contribution in [0, 0.1) is 0 Å². The number of hydrogen-bond donors (Lipinski definition) is 2. The van der Waals surface area contributed by atoms with Crippen LogP contribution in [0.3, 0.4) is 0 Å². The third-order valence-corrected chi connectivity index (χ3v) is 6.10. The minimum Gasteiger partial charge on any atom is -0.395 e. The number of thioether (sulfide) groups is 1. The lowest BCUT2D eigenvalue weighted by molar-refractivity contribution is 0.0744. The van der Waals surface area contributed by atoms with E-state index < -0.39 is 21.1 Å². The molecule has 1 fully saturated rings. The highest BCUT2D eigenvalue weighted by Crippen LogP contribution is 2.26. The Morgan fingerprint density at radius 1 is 1.52 bits per heavy atom. The standard InChI is InChI=1S/C12H20N4O3S2/c1-7(2)10-9(13)11(15-14-10)12(17)16-4-5-20-6-8(16)21(3,18)19/h7-8H,4-6,13H2,1-3H3,(H,14,15). The highest BCUT2D eigenvalue weighted by atomic mass is 32.2. The van der Waals surface area contributed by atoms with Crippen molar-refractivity contribution in [3.8, 4) is 0 Å². The number of amides is 1. The van der Waals surface area contributed by atoms with E-state index in [1.807, 2.05) is 13.8 Å². The first-order valence-corrected chi connectivity index (χ1v) is 9.75. The number of carbonyl (C=O) groups is 1. The molecule has 1 aromatic heterocycles. The molecule has 1 aromatic rings. The van der Waals surface area contributed by atoms with Gasteiger partial charge >= 0.3 is 0 Å². The summed E-state index contributed by atoms with van der Waals surface area (Å²) in [5.41, 5.74) is 7.08. The largest absolute Gasteiger partial charge is 0.395 e. The summed E-state index contributed by atoms with van der Waals surface area (Å²) in [6.07, 6.45) is 1.15. The van der Waals surface area contributed by atoms with E-state index >= 15 is 0 Å². The number of nitrogens with one attached hydrogen (secondary N) is 1. The van der Waals surface area contributed by atoms with Gasteiger partial charge in [-0.15, -0.1) is 0 Å². The van der Waals surface area contributed by atoms with E-state index in [-0.39, 0.29) is 11.6 Å². The zero-order chi connectivity index (χ0) is 15.8. The van der Waals surface area contributed by atoms with E-state index in [4.69, 9.17) is 5.73 Å². The molecule has 0 saturated carbocycles. The Bertz CT molecular complexity index is 639. The van der Waals surface area contributed by atoms with E-state index in [0.29, 0.717) is 29.4 Å². The molecule has 1 saturated heterocycles. The molecule has 3 N–H and O–H groups in total. The van der Waals surface area contributed by atoms with Crippen molar-refractivity contribution in [3.05, 3.63) is 11.4 Å². The number of aromatic nitrogens is 2. The lowest BCUT2D eigenvalue weighted by Gasteiger charge is -2.33. The Labute approximate surface area is 128 Å². The number of hydrogen-bond acceptors (Lipinski definition) is 6. The third-order valence-electron chi connectivity index (χ3n) is 3.45. The van der Waals surface area contributed by atoms with Crippen LogP contribution in [0.1, 0.15) is 35.9 Å². The summed E-state index contributed by atoms with van der Waals surface area (Å²) in [6, 6.07) is 0. The van der Waals surface area contributed by atoms with Crippen LogP contribution in [0.4, 0.5) is 5.69 Å². The monoisotopic (exact) mass is 332 g/mol. The molecule has 1 aliphatic rings. The molecule has 2 heterocycles. The second kappa shape index (κ2) is 5.88. The van der Waals surface area contributed by atoms with Gasteiger partial charge < -0.3 is 10.6 Å². The van der Waals surface area contributed by atoms with Gasteiger partial charge in [0.05, 0.1) is 11.4 Å². The van der Waals surface area contributed by atoms with Gasteiger partial charge in [-0.2, -0.15) is 16.9 Å². The maximum absolute atomic E-state index is 12.6. The van der Waals surface area contributed by atoms with Crippen molar-refractivity contribution in [1.29, 1.82) is 0 Å². The molecule has 1 amide bonds. The van der Waals surface area contributed by atoms with Crippen LogP contribution in [0.2, 0.25) is 0 Å². The van der Waals surface area contributed by atoms with Gasteiger partial charge in [0, 0.05) is 24.3 Å². The van der Waals surface area contributed by atoms with Gasteiger partial charge in [0.2, 0.25) is 0 Å². The number of rotatable bonds is 3. The molecule has 0 radical (unpaired) electrons. The van der Waals surface area contributed by atoms with Gasteiger partial charge in [-0.05, 0) is 5.92 Å². The number of sulfone groups is 1. The maximum Gasteiger partial charge on any atom is 0.277 e. The van der Waals surface area contributed by atoms with Crippen molar-refractivity contribution in [2.45, 2.75) is 25.1 Å². The fourth-order valence-electron chi connectivity index (χ4n) is 2.27. The fraction of sp³-hybridized carbons (Fsp3) is 0.667. The lowest BCUT2D eigenvalue weighted by Crippen LogP contribution is -2.50. The van der Waals surface area contributed by atoms with Gasteiger partial charge in [-0.3, -0.25) is 9.89 Å². The number of anilines is 1. The first-order chi connectivity index (χ1) is 9.73. The van der Waals surface area contributed by atoms with Crippen molar-refractivity contribution in [1.82, 2.24) is 15.1 Å². The predicted molar refractivity (Wildman–Crippen MR) is 84.1 cm³/mol. The number of H-pyrrole nitrogens is 1. The van der Waals surface area contributed by atoms with E-state index in [2.05, 4.69) is 10.2 Å². The molecule has 0 aliphatic carbocycles. The first kappa shape index (κ1) is 16.2. The zero-order valence-corrected chi connectivity index (χ0v) is 13.9. The number of nitrogens with zero attached hydrogens (tertiary/aromatic N) is 2. The first-order valence-electron chi connectivity index (χ1n) is 6.64. The van der Waals surface area contributed by atoms with E-state index in [1.165, 1.54) is 16.7 Å². The van der Waals surface area contributed by atoms with Crippen LogP contribution in [0.25, 0.3) is 0 Å². The van der Waals surface area contributed by atoms with E-state index in [9.17, 15) is 13.2 Å². The summed E-state index contributed by atoms with van der Waals surface area (Å²) >= 11 is 1.53. The van der Waals surface area contributed by atoms with E-state index in [1.54, 1.807) is 0 Å². The average molecular weight is 332 g/mol. The summed E-state index contributed by atoms with van der Waals surface area (Å²) in [5, 5.41) is 5.94. The topological polar surface area (TPSA) is 109 Å². The number of nitrogens with two attached hydrogens (primary N) is 1. The summed E-state index contributed by atoms with van der Waals surface area (Å²) in [6.45, 7) is 4.26. The third kappa shape index (κ3) is 3.18. The van der Waals surface area contributed by atoms with Crippen LogP contribution < -0.4 is 5.73 Å².